The Bertz CT molecular complexity index is 653. The highest BCUT2D eigenvalue weighted by Crippen LogP contribution is 2.19. The number of hydrogen-bond acceptors (Lipinski definition) is 4. The van der Waals surface area contributed by atoms with Crippen LogP contribution in [0.25, 0.3) is 0 Å². The minimum absolute atomic E-state index is 0.847. The van der Waals surface area contributed by atoms with Gasteiger partial charge in [0, 0.05) is 48.0 Å². The minimum atomic E-state index is 0.847. The Morgan fingerprint density at radius 1 is 0.909 bits per heavy atom. The van der Waals surface area contributed by atoms with Gasteiger partial charge in [0.25, 0.3) is 0 Å². The van der Waals surface area contributed by atoms with Crippen molar-refractivity contribution in [2.45, 2.75) is 26.6 Å². The van der Waals surface area contributed by atoms with Gasteiger partial charge in [-0.2, -0.15) is 0 Å². The fraction of sp³-hybridized carbons (Fsp3) is 0.222. The Morgan fingerprint density at radius 3 is 2.45 bits per heavy atom. The van der Waals surface area contributed by atoms with Crippen LogP contribution in [-0.2, 0) is 19.6 Å². The topological polar surface area (TPSA) is 29.0 Å². The second-order valence-corrected chi connectivity index (χ2v) is 6.71. The molecule has 0 fully saturated rings. The van der Waals surface area contributed by atoms with Gasteiger partial charge in [0.1, 0.15) is 0 Å². The van der Waals surface area contributed by atoms with Crippen molar-refractivity contribution in [3.8, 4) is 0 Å². The van der Waals surface area contributed by atoms with Gasteiger partial charge in [-0.15, -0.1) is 11.3 Å². The smallest absolute Gasteiger partial charge is 0.0544 e. The molecule has 0 N–H and O–H groups in total. The van der Waals surface area contributed by atoms with Gasteiger partial charge in [-0.3, -0.25) is 14.9 Å². The van der Waals surface area contributed by atoms with Crippen LogP contribution < -0.4 is 0 Å². The van der Waals surface area contributed by atoms with Crippen molar-refractivity contribution >= 4 is 11.3 Å². The molecule has 3 rings (SSSR count). The van der Waals surface area contributed by atoms with E-state index in [4.69, 9.17) is 0 Å². The summed E-state index contributed by atoms with van der Waals surface area (Å²) in [5.41, 5.74) is 2.38. The highest BCUT2D eigenvalue weighted by atomic mass is 32.1. The van der Waals surface area contributed by atoms with Crippen molar-refractivity contribution in [2.24, 2.45) is 0 Å². The summed E-state index contributed by atoms with van der Waals surface area (Å²) in [5.74, 6) is 0. The maximum absolute atomic E-state index is 4.46. The first-order valence-corrected chi connectivity index (χ1v) is 8.18. The number of rotatable bonds is 6. The molecular weight excluding hydrogens is 290 g/mol. The van der Waals surface area contributed by atoms with E-state index in [1.165, 1.54) is 15.3 Å². The third-order valence-electron chi connectivity index (χ3n) is 3.44. The van der Waals surface area contributed by atoms with Gasteiger partial charge in [-0.05, 0) is 48.9 Å². The second kappa shape index (κ2) is 7.29. The van der Waals surface area contributed by atoms with Crippen LogP contribution in [-0.4, -0.2) is 14.9 Å². The Hall–Kier alpha value is -2.04. The molecule has 3 aromatic heterocycles. The first kappa shape index (κ1) is 14.9. The summed E-state index contributed by atoms with van der Waals surface area (Å²) in [6.45, 7) is 4.84. The van der Waals surface area contributed by atoms with Crippen LogP contribution in [0.5, 0.6) is 0 Å². The molecule has 0 aliphatic rings. The Labute approximate surface area is 135 Å². The van der Waals surface area contributed by atoms with E-state index in [9.17, 15) is 0 Å². The molecule has 0 aromatic carbocycles. The van der Waals surface area contributed by atoms with Crippen LogP contribution in [0.1, 0.15) is 21.0 Å². The minimum Gasteiger partial charge on any atom is -0.288 e. The zero-order chi connectivity index (χ0) is 15.2. The largest absolute Gasteiger partial charge is 0.288 e. The SMILES string of the molecule is Cc1ccc(CN(Cc2ccncc2)Cc2ccccn2)s1. The summed E-state index contributed by atoms with van der Waals surface area (Å²) in [5, 5.41) is 0. The maximum atomic E-state index is 4.46. The van der Waals surface area contributed by atoms with Crippen molar-refractivity contribution < 1.29 is 0 Å². The molecule has 0 aliphatic heterocycles. The lowest BCUT2D eigenvalue weighted by Crippen LogP contribution is -2.22. The van der Waals surface area contributed by atoms with Crippen molar-refractivity contribution in [3.05, 3.63) is 82.1 Å². The normalized spacial score (nSPS) is 11.0. The second-order valence-electron chi connectivity index (χ2n) is 5.33. The molecule has 4 heteroatoms. The molecule has 0 bridgehead atoms. The summed E-state index contributed by atoms with van der Waals surface area (Å²) >= 11 is 1.86. The average Bonchev–Trinajstić information content (AvgIpc) is 2.94. The van der Waals surface area contributed by atoms with E-state index in [0.717, 1.165) is 25.3 Å². The highest BCUT2D eigenvalue weighted by molar-refractivity contribution is 7.11. The average molecular weight is 309 g/mol. The third kappa shape index (κ3) is 4.23. The lowest BCUT2D eigenvalue weighted by atomic mass is 10.2. The van der Waals surface area contributed by atoms with E-state index in [2.05, 4.69) is 52.1 Å². The monoisotopic (exact) mass is 309 g/mol. The predicted octanol–water partition coefficient (Wildman–Crippen LogP) is 4.05. The standard InChI is InChI=1S/C18H19N3S/c1-15-5-6-18(22-15)14-21(12-16-7-10-19-11-8-16)13-17-4-2-3-9-20-17/h2-11H,12-14H2,1H3. The number of aromatic nitrogens is 2. The molecule has 3 heterocycles. The molecular formula is C18H19N3S. The lowest BCUT2D eigenvalue weighted by Gasteiger charge is -2.21. The summed E-state index contributed by atoms with van der Waals surface area (Å²) in [6, 6.07) is 14.6. The Kier molecular flexibility index (Phi) is 4.93. The van der Waals surface area contributed by atoms with Crippen LogP contribution in [0.4, 0.5) is 0 Å². The van der Waals surface area contributed by atoms with Gasteiger partial charge in [-0.1, -0.05) is 6.07 Å². The first-order chi connectivity index (χ1) is 10.8. The number of thiophene rings is 1. The van der Waals surface area contributed by atoms with E-state index in [-0.39, 0.29) is 0 Å². The molecule has 3 nitrogen and oxygen atoms in total. The molecule has 22 heavy (non-hydrogen) atoms. The maximum Gasteiger partial charge on any atom is 0.0544 e. The fourth-order valence-corrected chi connectivity index (χ4v) is 3.36. The number of pyridine rings is 2. The van der Waals surface area contributed by atoms with E-state index >= 15 is 0 Å². The van der Waals surface area contributed by atoms with Crippen LogP contribution in [0, 0.1) is 6.92 Å². The van der Waals surface area contributed by atoms with Crippen molar-refractivity contribution in [3.63, 3.8) is 0 Å². The van der Waals surface area contributed by atoms with Crippen molar-refractivity contribution in [1.82, 2.24) is 14.9 Å². The van der Waals surface area contributed by atoms with E-state index in [1.807, 2.05) is 42.1 Å². The summed E-state index contributed by atoms with van der Waals surface area (Å²) in [4.78, 5) is 13.7. The molecule has 112 valence electrons. The molecule has 0 spiro atoms. The van der Waals surface area contributed by atoms with Crippen LogP contribution in [0.3, 0.4) is 0 Å². The number of nitrogens with zero attached hydrogens (tertiary/aromatic N) is 3. The summed E-state index contributed by atoms with van der Waals surface area (Å²) in [6.07, 6.45) is 5.56. The predicted molar refractivity (Wildman–Crippen MR) is 90.5 cm³/mol. The molecule has 0 atom stereocenters. The van der Waals surface area contributed by atoms with E-state index < -0.39 is 0 Å². The molecule has 0 unspecified atom stereocenters. The van der Waals surface area contributed by atoms with Crippen LogP contribution in [0.15, 0.2) is 61.1 Å². The fourth-order valence-electron chi connectivity index (χ4n) is 2.43. The summed E-state index contributed by atoms with van der Waals surface area (Å²) in [7, 11) is 0. The molecule has 0 saturated heterocycles. The molecule has 3 aromatic rings. The molecule has 0 aliphatic carbocycles. The van der Waals surface area contributed by atoms with E-state index in [0.29, 0.717) is 0 Å². The first-order valence-electron chi connectivity index (χ1n) is 7.36. The Balaban J connectivity index is 1.75. The zero-order valence-corrected chi connectivity index (χ0v) is 13.5. The number of aryl methyl sites for hydroxylation is 1. The van der Waals surface area contributed by atoms with Crippen LogP contribution >= 0.6 is 11.3 Å². The number of hydrogen-bond donors (Lipinski definition) is 0. The van der Waals surface area contributed by atoms with Gasteiger partial charge in [0.2, 0.25) is 0 Å². The van der Waals surface area contributed by atoms with Gasteiger partial charge < -0.3 is 0 Å². The van der Waals surface area contributed by atoms with Crippen molar-refractivity contribution in [1.29, 1.82) is 0 Å². The van der Waals surface area contributed by atoms with Crippen molar-refractivity contribution in [2.75, 3.05) is 0 Å². The van der Waals surface area contributed by atoms with E-state index in [1.54, 1.807) is 0 Å². The van der Waals surface area contributed by atoms with Gasteiger partial charge in [-0.25, -0.2) is 0 Å². The quantitative estimate of drug-likeness (QED) is 0.688. The highest BCUT2D eigenvalue weighted by Gasteiger charge is 2.10. The third-order valence-corrected chi connectivity index (χ3v) is 4.43. The van der Waals surface area contributed by atoms with Gasteiger partial charge >= 0.3 is 0 Å². The summed E-state index contributed by atoms with van der Waals surface area (Å²) < 4.78 is 0. The zero-order valence-electron chi connectivity index (χ0n) is 12.6. The van der Waals surface area contributed by atoms with Gasteiger partial charge in [0.05, 0.1) is 5.69 Å². The Morgan fingerprint density at radius 2 is 1.77 bits per heavy atom. The molecule has 0 saturated carbocycles. The van der Waals surface area contributed by atoms with Crippen LogP contribution in [0.2, 0.25) is 0 Å². The van der Waals surface area contributed by atoms with Gasteiger partial charge in [0.15, 0.2) is 0 Å². The molecule has 0 amide bonds. The lowest BCUT2D eigenvalue weighted by molar-refractivity contribution is 0.247. The molecule has 0 radical (unpaired) electrons.